The molecule has 2 aromatic rings. The van der Waals surface area contributed by atoms with Crippen LogP contribution in [0.3, 0.4) is 0 Å². The summed E-state index contributed by atoms with van der Waals surface area (Å²) in [5, 5.41) is 14.1. The number of nitro groups is 1. The van der Waals surface area contributed by atoms with Gasteiger partial charge in [0.25, 0.3) is 5.69 Å². The van der Waals surface area contributed by atoms with Crippen LogP contribution >= 0.6 is 11.6 Å². The number of nitrogens with zero attached hydrogens (tertiary/aromatic N) is 1. The highest BCUT2D eigenvalue weighted by molar-refractivity contribution is 6.32. The molecule has 108 valence electrons. The van der Waals surface area contributed by atoms with Crippen LogP contribution in [0.2, 0.25) is 5.02 Å². The van der Waals surface area contributed by atoms with E-state index in [-0.39, 0.29) is 17.5 Å². The van der Waals surface area contributed by atoms with Gasteiger partial charge in [-0.2, -0.15) is 0 Å². The van der Waals surface area contributed by atoms with Gasteiger partial charge in [0.15, 0.2) is 11.5 Å². The van der Waals surface area contributed by atoms with E-state index in [4.69, 9.17) is 21.1 Å². The maximum absolute atomic E-state index is 10.9. The summed E-state index contributed by atoms with van der Waals surface area (Å²) in [6.45, 7) is 0.671. The number of rotatable bonds is 4. The Balaban J connectivity index is 1.78. The molecule has 3 rings (SSSR count). The number of anilines is 1. The second-order valence-electron chi connectivity index (χ2n) is 4.43. The lowest BCUT2D eigenvalue weighted by molar-refractivity contribution is -0.384. The summed E-state index contributed by atoms with van der Waals surface area (Å²) in [5.74, 6) is 1.41. The first-order chi connectivity index (χ1) is 10.1. The van der Waals surface area contributed by atoms with Gasteiger partial charge in [0.2, 0.25) is 6.79 Å². The summed E-state index contributed by atoms with van der Waals surface area (Å²) in [7, 11) is 0. The Kier molecular flexibility index (Phi) is 3.53. The highest BCUT2D eigenvalue weighted by Gasteiger charge is 2.17. The molecule has 1 heterocycles. The summed E-state index contributed by atoms with van der Waals surface area (Å²) in [4.78, 5) is 10.3. The molecule has 0 spiro atoms. The van der Waals surface area contributed by atoms with E-state index in [1.807, 2.05) is 18.2 Å². The predicted octanol–water partition coefficient (Wildman–Crippen LogP) is 3.59. The molecule has 2 aromatic carbocycles. The van der Waals surface area contributed by atoms with Crippen LogP contribution in [0.5, 0.6) is 11.5 Å². The number of halogens is 1. The number of fused-ring (bicyclic) bond motifs is 1. The molecule has 0 aliphatic carbocycles. The molecule has 0 saturated carbocycles. The van der Waals surface area contributed by atoms with Gasteiger partial charge < -0.3 is 14.8 Å². The van der Waals surface area contributed by atoms with Crippen molar-refractivity contribution in [1.29, 1.82) is 0 Å². The standard InChI is InChI=1S/C14H11ClN2O4/c15-11-5-4-10(6-12(11)17(18)19)16-7-9-2-1-3-13-14(9)21-8-20-13/h1-6,16H,7-8H2. The van der Waals surface area contributed by atoms with Gasteiger partial charge in [0.1, 0.15) is 5.02 Å². The summed E-state index contributed by atoms with van der Waals surface area (Å²) < 4.78 is 10.7. The van der Waals surface area contributed by atoms with Gasteiger partial charge in [-0.25, -0.2) is 0 Å². The zero-order valence-electron chi connectivity index (χ0n) is 10.8. The minimum Gasteiger partial charge on any atom is -0.454 e. The van der Waals surface area contributed by atoms with Crippen LogP contribution in [0.15, 0.2) is 36.4 Å². The molecular formula is C14H11ClN2O4. The molecule has 0 unspecified atom stereocenters. The van der Waals surface area contributed by atoms with Gasteiger partial charge in [-0.15, -0.1) is 0 Å². The van der Waals surface area contributed by atoms with Gasteiger partial charge >= 0.3 is 0 Å². The second kappa shape index (κ2) is 5.49. The fourth-order valence-electron chi connectivity index (χ4n) is 2.09. The topological polar surface area (TPSA) is 73.6 Å². The van der Waals surface area contributed by atoms with Crippen molar-refractivity contribution < 1.29 is 14.4 Å². The Morgan fingerprint density at radius 1 is 1.29 bits per heavy atom. The van der Waals surface area contributed by atoms with Gasteiger partial charge in [-0.1, -0.05) is 23.7 Å². The Labute approximate surface area is 125 Å². The molecule has 0 saturated heterocycles. The first-order valence-corrected chi connectivity index (χ1v) is 6.58. The van der Waals surface area contributed by atoms with Crippen molar-refractivity contribution in [2.45, 2.75) is 6.54 Å². The number of benzene rings is 2. The first kappa shape index (κ1) is 13.5. The predicted molar refractivity (Wildman–Crippen MR) is 78.0 cm³/mol. The Morgan fingerprint density at radius 3 is 2.95 bits per heavy atom. The zero-order valence-corrected chi connectivity index (χ0v) is 11.6. The number of nitrogens with one attached hydrogen (secondary N) is 1. The normalized spacial score (nSPS) is 12.2. The lowest BCUT2D eigenvalue weighted by Crippen LogP contribution is -2.02. The lowest BCUT2D eigenvalue weighted by Gasteiger charge is -2.09. The van der Waals surface area contributed by atoms with Crippen LogP contribution in [0.4, 0.5) is 11.4 Å². The molecular weight excluding hydrogens is 296 g/mol. The van der Waals surface area contributed by atoms with Gasteiger partial charge in [-0.05, 0) is 18.2 Å². The molecule has 21 heavy (non-hydrogen) atoms. The molecule has 0 aromatic heterocycles. The fraction of sp³-hybridized carbons (Fsp3) is 0.143. The molecule has 0 atom stereocenters. The smallest absolute Gasteiger partial charge is 0.289 e. The van der Waals surface area contributed by atoms with E-state index in [1.165, 1.54) is 12.1 Å². The SMILES string of the molecule is O=[N+]([O-])c1cc(NCc2cccc3c2OCO3)ccc1Cl. The van der Waals surface area contributed by atoms with Crippen LogP contribution in [0, 0.1) is 10.1 Å². The lowest BCUT2D eigenvalue weighted by atomic mass is 10.2. The quantitative estimate of drug-likeness (QED) is 0.690. The van der Waals surface area contributed by atoms with E-state index >= 15 is 0 Å². The Morgan fingerprint density at radius 2 is 2.14 bits per heavy atom. The van der Waals surface area contributed by atoms with E-state index in [1.54, 1.807) is 6.07 Å². The monoisotopic (exact) mass is 306 g/mol. The first-order valence-electron chi connectivity index (χ1n) is 6.20. The molecule has 0 fully saturated rings. The zero-order chi connectivity index (χ0) is 14.8. The average molecular weight is 307 g/mol. The molecule has 0 bridgehead atoms. The number of hydrogen-bond donors (Lipinski definition) is 1. The number of ether oxygens (including phenoxy) is 2. The minimum absolute atomic E-state index is 0.114. The fourth-order valence-corrected chi connectivity index (χ4v) is 2.28. The second-order valence-corrected chi connectivity index (χ2v) is 4.83. The number of hydrogen-bond acceptors (Lipinski definition) is 5. The maximum Gasteiger partial charge on any atom is 0.289 e. The summed E-state index contributed by atoms with van der Waals surface area (Å²) in [5.41, 5.74) is 1.41. The highest BCUT2D eigenvalue weighted by Crippen LogP contribution is 2.36. The van der Waals surface area contributed by atoms with E-state index in [2.05, 4.69) is 5.32 Å². The van der Waals surface area contributed by atoms with Gasteiger partial charge in [0, 0.05) is 23.9 Å². The van der Waals surface area contributed by atoms with Crippen LogP contribution in [-0.4, -0.2) is 11.7 Å². The van der Waals surface area contributed by atoms with Crippen LogP contribution < -0.4 is 14.8 Å². The molecule has 0 amide bonds. The summed E-state index contributed by atoms with van der Waals surface area (Å²) >= 11 is 5.78. The summed E-state index contributed by atoms with van der Waals surface area (Å²) in [6, 6.07) is 10.2. The van der Waals surface area contributed by atoms with Gasteiger partial charge in [0.05, 0.1) is 4.92 Å². The van der Waals surface area contributed by atoms with E-state index in [0.717, 1.165) is 5.56 Å². The summed E-state index contributed by atoms with van der Waals surface area (Å²) in [6.07, 6.45) is 0. The molecule has 1 aliphatic rings. The van der Waals surface area contributed by atoms with Crippen molar-refractivity contribution in [3.05, 3.63) is 57.1 Å². The Hall–Kier alpha value is -2.47. The largest absolute Gasteiger partial charge is 0.454 e. The van der Waals surface area contributed by atoms with Crippen molar-refractivity contribution in [1.82, 2.24) is 0 Å². The number of nitro benzene ring substituents is 1. The third-order valence-electron chi connectivity index (χ3n) is 3.10. The van der Waals surface area contributed by atoms with E-state index in [0.29, 0.717) is 23.7 Å². The van der Waals surface area contributed by atoms with E-state index < -0.39 is 4.92 Å². The van der Waals surface area contributed by atoms with Crippen molar-refractivity contribution >= 4 is 23.0 Å². The van der Waals surface area contributed by atoms with Crippen LogP contribution in [-0.2, 0) is 6.54 Å². The third-order valence-corrected chi connectivity index (χ3v) is 3.42. The van der Waals surface area contributed by atoms with Crippen LogP contribution in [0.1, 0.15) is 5.56 Å². The van der Waals surface area contributed by atoms with Crippen LogP contribution in [0.25, 0.3) is 0 Å². The molecule has 1 aliphatic heterocycles. The third kappa shape index (κ3) is 2.71. The van der Waals surface area contributed by atoms with Crippen molar-refractivity contribution in [2.24, 2.45) is 0 Å². The highest BCUT2D eigenvalue weighted by atomic mass is 35.5. The number of para-hydroxylation sites is 1. The maximum atomic E-state index is 10.9. The molecule has 7 heteroatoms. The van der Waals surface area contributed by atoms with E-state index in [9.17, 15) is 10.1 Å². The minimum atomic E-state index is -0.509. The van der Waals surface area contributed by atoms with Crippen molar-refractivity contribution in [2.75, 3.05) is 12.1 Å². The van der Waals surface area contributed by atoms with Crippen molar-refractivity contribution in [3.63, 3.8) is 0 Å². The molecule has 6 nitrogen and oxygen atoms in total. The van der Waals surface area contributed by atoms with Gasteiger partial charge in [-0.3, -0.25) is 10.1 Å². The molecule has 1 N–H and O–H groups in total. The molecule has 0 radical (unpaired) electrons. The van der Waals surface area contributed by atoms with Crippen molar-refractivity contribution in [3.8, 4) is 11.5 Å². The average Bonchev–Trinajstić information content (AvgIpc) is 2.95. The Bertz CT molecular complexity index is 705.